The zero-order valence-electron chi connectivity index (χ0n) is 12.8. The van der Waals surface area contributed by atoms with E-state index in [9.17, 15) is 4.79 Å². The fourth-order valence-corrected chi connectivity index (χ4v) is 2.89. The maximum atomic E-state index is 12.4. The minimum absolute atomic E-state index is 0.131. The molecule has 106 valence electrons. The van der Waals surface area contributed by atoms with Gasteiger partial charge in [-0.25, -0.2) is 4.79 Å². The molecular formula is C15H29NO2. The van der Waals surface area contributed by atoms with E-state index in [4.69, 9.17) is 4.74 Å². The summed E-state index contributed by atoms with van der Waals surface area (Å²) in [6.45, 7) is 12.4. The summed E-state index contributed by atoms with van der Waals surface area (Å²) in [6, 6.07) is 0.682. The van der Waals surface area contributed by atoms with Crippen LogP contribution in [-0.2, 0) is 4.74 Å². The molecule has 1 saturated heterocycles. The highest BCUT2D eigenvalue weighted by Gasteiger charge is 2.37. The molecule has 1 heterocycles. The van der Waals surface area contributed by atoms with Gasteiger partial charge in [-0.15, -0.1) is 0 Å². The van der Waals surface area contributed by atoms with Gasteiger partial charge in [0, 0.05) is 12.1 Å². The number of amides is 1. The number of ether oxygens (including phenoxy) is 1. The van der Waals surface area contributed by atoms with Crippen LogP contribution in [0.3, 0.4) is 0 Å². The van der Waals surface area contributed by atoms with Crippen LogP contribution in [0.25, 0.3) is 0 Å². The van der Waals surface area contributed by atoms with Crippen molar-refractivity contribution in [3.8, 4) is 0 Å². The quantitative estimate of drug-likeness (QED) is 0.739. The Morgan fingerprint density at radius 2 is 1.61 bits per heavy atom. The van der Waals surface area contributed by atoms with Gasteiger partial charge in [-0.2, -0.15) is 0 Å². The normalized spacial score (nSPS) is 29.2. The Kier molecular flexibility index (Phi) is 5.06. The second kappa shape index (κ2) is 5.94. The van der Waals surface area contributed by atoms with Gasteiger partial charge < -0.3 is 9.64 Å². The van der Waals surface area contributed by atoms with E-state index in [-0.39, 0.29) is 6.09 Å². The molecule has 0 unspecified atom stereocenters. The molecule has 1 fully saturated rings. The molecule has 0 aromatic rings. The van der Waals surface area contributed by atoms with Crippen LogP contribution in [-0.4, -0.2) is 28.7 Å². The summed E-state index contributed by atoms with van der Waals surface area (Å²) in [6.07, 6.45) is 4.10. The SMILES string of the molecule is CC[C@@H]1C[C@H](C)C[C@H](CC)N1C(=O)OC(C)(C)C. The maximum Gasteiger partial charge on any atom is 0.410 e. The smallest absolute Gasteiger partial charge is 0.410 e. The minimum atomic E-state index is -0.406. The highest BCUT2D eigenvalue weighted by atomic mass is 16.6. The van der Waals surface area contributed by atoms with Gasteiger partial charge >= 0.3 is 6.09 Å². The Balaban J connectivity index is 2.82. The lowest BCUT2D eigenvalue weighted by Gasteiger charge is -2.44. The number of hydrogen-bond donors (Lipinski definition) is 0. The Morgan fingerprint density at radius 3 is 1.94 bits per heavy atom. The van der Waals surface area contributed by atoms with Gasteiger partial charge in [-0.05, 0) is 52.4 Å². The first-order valence-electron chi connectivity index (χ1n) is 7.29. The first-order valence-corrected chi connectivity index (χ1v) is 7.29. The average molecular weight is 255 g/mol. The molecule has 0 spiro atoms. The average Bonchev–Trinajstić information content (AvgIpc) is 2.24. The van der Waals surface area contributed by atoms with E-state index in [1.54, 1.807) is 0 Å². The van der Waals surface area contributed by atoms with Crippen molar-refractivity contribution >= 4 is 6.09 Å². The number of piperidine rings is 1. The van der Waals surface area contributed by atoms with Gasteiger partial charge in [0.2, 0.25) is 0 Å². The molecule has 3 heteroatoms. The van der Waals surface area contributed by atoms with Gasteiger partial charge in [0.05, 0.1) is 0 Å². The summed E-state index contributed by atoms with van der Waals surface area (Å²) in [5, 5.41) is 0. The molecule has 1 aliphatic rings. The number of nitrogens with zero attached hydrogens (tertiary/aromatic N) is 1. The van der Waals surface area contributed by atoms with Crippen molar-refractivity contribution in [1.82, 2.24) is 4.90 Å². The largest absolute Gasteiger partial charge is 0.444 e. The van der Waals surface area contributed by atoms with Crippen LogP contribution < -0.4 is 0 Å². The van der Waals surface area contributed by atoms with Crippen molar-refractivity contribution < 1.29 is 9.53 Å². The molecular weight excluding hydrogens is 226 g/mol. The Hall–Kier alpha value is -0.730. The lowest BCUT2D eigenvalue weighted by molar-refractivity contribution is -0.0134. The molecule has 0 N–H and O–H groups in total. The molecule has 1 aliphatic heterocycles. The van der Waals surface area contributed by atoms with Crippen molar-refractivity contribution in [2.75, 3.05) is 0 Å². The van der Waals surface area contributed by atoms with Crippen molar-refractivity contribution in [3.05, 3.63) is 0 Å². The van der Waals surface area contributed by atoms with Crippen LogP contribution in [0, 0.1) is 5.92 Å². The first-order chi connectivity index (χ1) is 8.28. The van der Waals surface area contributed by atoms with E-state index < -0.39 is 5.60 Å². The Bertz CT molecular complexity index is 269. The number of carbonyl (C=O) groups is 1. The standard InChI is InChI=1S/C15H29NO2/c1-7-12-9-11(3)10-13(8-2)16(12)14(17)18-15(4,5)6/h11-13H,7-10H2,1-6H3/t11-,12+,13-. The van der Waals surface area contributed by atoms with Gasteiger partial charge in [0.1, 0.15) is 5.60 Å². The third-order valence-corrected chi connectivity index (χ3v) is 3.68. The minimum Gasteiger partial charge on any atom is -0.444 e. The molecule has 1 rings (SSSR count). The molecule has 0 aromatic carbocycles. The van der Waals surface area contributed by atoms with Gasteiger partial charge in [-0.1, -0.05) is 20.8 Å². The third kappa shape index (κ3) is 3.89. The third-order valence-electron chi connectivity index (χ3n) is 3.68. The number of carbonyl (C=O) groups excluding carboxylic acids is 1. The summed E-state index contributed by atoms with van der Waals surface area (Å²) in [7, 11) is 0. The van der Waals surface area contributed by atoms with Crippen molar-refractivity contribution in [1.29, 1.82) is 0 Å². The zero-order valence-corrected chi connectivity index (χ0v) is 12.8. The molecule has 1 amide bonds. The predicted molar refractivity (Wildman–Crippen MR) is 74.6 cm³/mol. The van der Waals surface area contributed by atoms with E-state index in [1.165, 1.54) is 0 Å². The van der Waals surface area contributed by atoms with Crippen LogP contribution in [0.1, 0.15) is 67.2 Å². The van der Waals surface area contributed by atoms with Crippen LogP contribution in [0.15, 0.2) is 0 Å². The molecule has 0 aliphatic carbocycles. The lowest BCUT2D eigenvalue weighted by Crippen LogP contribution is -2.52. The van der Waals surface area contributed by atoms with Gasteiger partial charge in [0.15, 0.2) is 0 Å². The number of hydrogen-bond acceptors (Lipinski definition) is 2. The monoisotopic (exact) mass is 255 g/mol. The van der Waals surface area contributed by atoms with E-state index in [0.29, 0.717) is 18.0 Å². The highest BCUT2D eigenvalue weighted by Crippen LogP contribution is 2.32. The lowest BCUT2D eigenvalue weighted by atomic mass is 9.85. The summed E-state index contributed by atoms with van der Waals surface area (Å²) in [5.41, 5.74) is -0.406. The molecule has 18 heavy (non-hydrogen) atoms. The molecule has 0 saturated carbocycles. The van der Waals surface area contributed by atoms with Crippen LogP contribution in [0.4, 0.5) is 4.79 Å². The molecule has 0 aromatic heterocycles. The Morgan fingerprint density at radius 1 is 1.17 bits per heavy atom. The fraction of sp³-hybridized carbons (Fsp3) is 0.933. The van der Waals surface area contributed by atoms with Crippen LogP contribution in [0.5, 0.6) is 0 Å². The Labute approximate surface area is 112 Å². The summed E-state index contributed by atoms with van der Waals surface area (Å²) >= 11 is 0. The number of rotatable bonds is 2. The molecule has 0 radical (unpaired) electrons. The van der Waals surface area contributed by atoms with E-state index in [2.05, 4.69) is 20.8 Å². The molecule has 3 atom stereocenters. The molecule has 3 nitrogen and oxygen atoms in total. The molecule has 0 bridgehead atoms. The fourth-order valence-electron chi connectivity index (χ4n) is 2.89. The van der Waals surface area contributed by atoms with Crippen molar-refractivity contribution in [3.63, 3.8) is 0 Å². The van der Waals surface area contributed by atoms with Crippen LogP contribution >= 0.6 is 0 Å². The van der Waals surface area contributed by atoms with E-state index in [0.717, 1.165) is 25.7 Å². The van der Waals surface area contributed by atoms with E-state index in [1.807, 2.05) is 25.7 Å². The summed E-state index contributed by atoms with van der Waals surface area (Å²) in [4.78, 5) is 14.4. The predicted octanol–water partition coefficient (Wildman–Crippen LogP) is 4.21. The second-order valence-electron chi connectivity index (χ2n) is 6.59. The van der Waals surface area contributed by atoms with Crippen molar-refractivity contribution in [2.24, 2.45) is 5.92 Å². The van der Waals surface area contributed by atoms with Gasteiger partial charge in [-0.3, -0.25) is 0 Å². The number of likely N-dealkylation sites (tertiary alicyclic amines) is 1. The van der Waals surface area contributed by atoms with E-state index >= 15 is 0 Å². The highest BCUT2D eigenvalue weighted by molar-refractivity contribution is 5.69. The van der Waals surface area contributed by atoms with Crippen LogP contribution in [0.2, 0.25) is 0 Å². The maximum absolute atomic E-state index is 12.4. The van der Waals surface area contributed by atoms with Crippen molar-refractivity contribution in [2.45, 2.75) is 84.9 Å². The zero-order chi connectivity index (χ0) is 13.9. The van der Waals surface area contributed by atoms with Gasteiger partial charge in [0.25, 0.3) is 0 Å². The topological polar surface area (TPSA) is 29.5 Å². The second-order valence-corrected chi connectivity index (χ2v) is 6.59. The first kappa shape index (κ1) is 15.3. The summed E-state index contributed by atoms with van der Waals surface area (Å²) in [5.74, 6) is 0.707. The summed E-state index contributed by atoms with van der Waals surface area (Å²) < 4.78 is 5.56.